The molecule has 0 saturated heterocycles. The molecule has 0 spiro atoms. The average molecular weight is 315 g/mol. The Labute approximate surface area is 125 Å². The van der Waals surface area contributed by atoms with Crippen LogP contribution in [0.2, 0.25) is 0 Å². The molecule has 2 nitrogen and oxygen atoms in total. The second-order valence-electron chi connectivity index (χ2n) is 4.72. The van der Waals surface area contributed by atoms with Crippen LogP contribution in [0.3, 0.4) is 0 Å². The summed E-state index contributed by atoms with van der Waals surface area (Å²) >= 11 is 1.65. The maximum absolute atomic E-state index is 12.1. The van der Waals surface area contributed by atoms with Crippen LogP contribution in [-0.4, -0.2) is 19.5 Å². The van der Waals surface area contributed by atoms with E-state index < -0.39 is 6.36 Å². The molecule has 1 aromatic heterocycles. The van der Waals surface area contributed by atoms with E-state index >= 15 is 0 Å². The van der Waals surface area contributed by atoms with Crippen LogP contribution in [-0.2, 0) is 12.8 Å². The molecule has 0 amide bonds. The highest BCUT2D eigenvalue weighted by Crippen LogP contribution is 2.23. The molecule has 0 aliphatic carbocycles. The number of benzene rings is 1. The molecule has 2 rings (SSSR count). The Bertz CT molecular complexity index is 537. The molecule has 0 aliphatic heterocycles. The lowest BCUT2D eigenvalue weighted by molar-refractivity contribution is -0.274. The minimum absolute atomic E-state index is 0.190. The van der Waals surface area contributed by atoms with Gasteiger partial charge in [0.2, 0.25) is 0 Å². The Morgan fingerprint density at radius 2 is 1.76 bits per heavy atom. The minimum atomic E-state index is -4.64. The Hall–Kier alpha value is -1.53. The van der Waals surface area contributed by atoms with Crippen molar-refractivity contribution in [2.24, 2.45) is 0 Å². The lowest BCUT2D eigenvalue weighted by atomic mass is 10.0. The zero-order valence-corrected chi connectivity index (χ0v) is 12.3. The highest BCUT2D eigenvalue weighted by Gasteiger charge is 2.30. The van der Waals surface area contributed by atoms with E-state index in [0.717, 1.165) is 18.4 Å². The van der Waals surface area contributed by atoms with Gasteiger partial charge in [0, 0.05) is 6.04 Å². The van der Waals surface area contributed by atoms with Gasteiger partial charge in [0.1, 0.15) is 5.75 Å². The molecule has 1 aromatic carbocycles. The molecule has 1 unspecified atom stereocenters. The van der Waals surface area contributed by atoms with Crippen molar-refractivity contribution < 1.29 is 17.9 Å². The van der Waals surface area contributed by atoms with Crippen molar-refractivity contribution in [2.75, 3.05) is 7.05 Å². The van der Waals surface area contributed by atoms with E-state index in [0.29, 0.717) is 0 Å². The van der Waals surface area contributed by atoms with Gasteiger partial charge in [-0.2, -0.15) is 11.3 Å². The summed E-state index contributed by atoms with van der Waals surface area (Å²) < 4.78 is 40.1. The maximum atomic E-state index is 12.1. The van der Waals surface area contributed by atoms with E-state index in [2.05, 4.69) is 21.5 Å². The third-order valence-corrected chi connectivity index (χ3v) is 3.84. The lowest BCUT2D eigenvalue weighted by Crippen LogP contribution is -2.29. The van der Waals surface area contributed by atoms with Gasteiger partial charge in [-0.25, -0.2) is 0 Å². The first-order valence-corrected chi connectivity index (χ1v) is 7.43. The van der Waals surface area contributed by atoms with E-state index in [1.54, 1.807) is 23.5 Å². The van der Waals surface area contributed by atoms with E-state index in [9.17, 15) is 13.2 Å². The Balaban J connectivity index is 1.95. The fourth-order valence-electron chi connectivity index (χ4n) is 2.08. The second kappa shape index (κ2) is 6.95. The topological polar surface area (TPSA) is 21.3 Å². The van der Waals surface area contributed by atoms with Crippen molar-refractivity contribution in [3.63, 3.8) is 0 Å². The predicted molar refractivity (Wildman–Crippen MR) is 77.7 cm³/mol. The molecule has 114 valence electrons. The number of hydrogen-bond acceptors (Lipinski definition) is 3. The SMILES string of the molecule is CNC(Cc1ccc(OC(F)(F)F)cc1)Cc1ccsc1. The number of thiophene rings is 1. The quantitative estimate of drug-likeness (QED) is 0.869. The lowest BCUT2D eigenvalue weighted by Gasteiger charge is -2.16. The van der Waals surface area contributed by atoms with Crippen LogP contribution >= 0.6 is 11.3 Å². The Kier molecular flexibility index (Phi) is 5.25. The van der Waals surface area contributed by atoms with Crippen LogP contribution in [0.25, 0.3) is 0 Å². The van der Waals surface area contributed by atoms with Gasteiger partial charge in [0.05, 0.1) is 0 Å². The number of likely N-dealkylation sites (N-methyl/N-ethyl adjacent to an activating group) is 1. The third kappa shape index (κ3) is 5.40. The summed E-state index contributed by atoms with van der Waals surface area (Å²) in [5, 5.41) is 7.37. The molecule has 0 saturated carbocycles. The van der Waals surface area contributed by atoms with Crippen LogP contribution in [0.4, 0.5) is 13.2 Å². The van der Waals surface area contributed by atoms with E-state index in [1.807, 2.05) is 12.4 Å². The summed E-state index contributed by atoms with van der Waals surface area (Å²) in [5.74, 6) is -0.190. The number of alkyl halides is 3. The number of nitrogens with one attached hydrogen (secondary N) is 1. The van der Waals surface area contributed by atoms with Gasteiger partial charge in [-0.1, -0.05) is 12.1 Å². The summed E-state index contributed by atoms with van der Waals surface area (Å²) in [7, 11) is 1.89. The zero-order valence-electron chi connectivity index (χ0n) is 11.5. The summed E-state index contributed by atoms with van der Waals surface area (Å²) in [6, 6.07) is 8.35. The van der Waals surface area contributed by atoms with E-state index in [-0.39, 0.29) is 11.8 Å². The molecule has 0 aliphatic rings. The van der Waals surface area contributed by atoms with Gasteiger partial charge in [-0.05, 0) is 60.0 Å². The molecule has 6 heteroatoms. The van der Waals surface area contributed by atoms with Crippen molar-refractivity contribution in [3.05, 3.63) is 52.2 Å². The van der Waals surface area contributed by atoms with Crippen LogP contribution in [0, 0.1) is 0 Å². The maximum Gasteiger partial charge on any atom is 0.573 e. The first kappa shape index (κ1) is 15.9. The normalized spacial score (nSPS) is 13.1. The Morgan fingerprint density at radius 3 is 2.29 bits per heavy atom. The zero-order chi connectivity index (χ0) is 15.3. The molecule has 2 aromatic rings. The summed E-state index contributed by atoms with van der Waals surface area (Å²) in [5.41, 5.74) is 2.23. The van der Waals surface area contributed by atoms with Crippen LogP contribution in [0.1, 0.15) is 11.1 Å². The molecule has 1 heterocycles. The minimum Gasteiger partial charge on any atom is -0.406 e. The number of halogens is 3. The largest absolute Gasteiger partial charge is 0.573 e. The summed E-state index contributed by atoms with van der Waals surface area (Å²) in [6.07, 6.45) is -3.01. The van der Waals surface area contributed by atoms with Crippen molar-refractivity contribution in [1.82, 2.24) is 5.32 Å². The first-order valence-electron chi connectivity index (χ1n) is 6.49. The molecule has 1 N–H and O–H groups in total. The highest BCUT2D eigenvalue weighted by molar-refractivity contribution is 7.07. The second-order valence-corrected chi connectivity index (χ2v) is 5.50. The van der Waals surface area contributed by atoms with Crippen LogP contribution < -0.4 is 10.1 Å². The summed E-state index contributed by atoms with van der Waals surface area (Å²) in [4.78, 5) is 0. The van der Waals surface area contributed by atoms with E-state index in [1.165, 1.54) is 17.7 Å². The van der Waals surface area contributed by atoms with Gasteiger partial charge in [0.15, 0.2) is 0 Å². The number of ether oxygens (including phenoxy) is 1. The van der Waals surface area contributed by atoms with Crippen LogP contribution in [0.15, 0.2) is 41.1 Å². The van der Waals surface area contributed by atoms with Gasteiger partial charge < -0.3 is 10.1 Å². The van der Waals surface area contributed by atoms with Gasteiger partial charge in [-0.3, -0.25) is 0 Å². The number of rotatable bonds is 6. The van der Waals surface area contributed by atoms with Gasteiger partial charge in [-0.15, -0.1) is 13.2 Å². The molecular formula is C15H16F3NOS. The standard InChI is InChI=1S/C15H16F3NOS/c1-19-13(9-12-6-7-21-10-12)8-11-2-4-14(5-3-11)20-15(16,17)18/h2-7,10,13,19H,8-9H2,1H3. The van der Waals surface area contributed by atoms with Gasteiger partial charge >= 0.3 is 6.36 Å². The average Bonchev–Trinajstić information content (AvgIpc) is 2.91. The number of hydrogen-bond donors (Lipinski definition) is 1. The Morgan fingerprint density at radius 1 is 1.10 bits per heavy atom. The predicted octanol–water partition coefficient (Wildman–Crippen LogP) is 4.02. The summed E-state index contributed by atoms with van der Waals surface area (Å²) in [6.45, 7) is 0. The monoisotopic (exact) mass is 315 g/mol. The van der Waals surface area contributed by atoms with Gasteiger partial charge in [0.25, 0.3) is 0 Å². The van der Waals surface area contributed by atoms with Crippen molar-refractivity contribution in [3.8, 4) is 5.75 Å². The fraction of sp³-hybridized carbons (Fsp3) is 0.333. The molecular weight excluding hydrogens is 299 g/mol. The van der Waals surface area contributed by atoms with E-state index in [4.69, 9.17) is 0 Å². The van der Waals surface area contributed by atoms with Crippen molar-refractivity contribution in [1.29, 1.82) is 0 Å². The molecule has 0 radical (unpaired) electrons. The van der Waals surface area contributed by atoms with Crippen molar-refractivity contribution in [2.45, 2.75) is 25.2 Å². The molecule has 0 fully saturated rings. The van der Waals surface area contributed by atoms with Crippen molar-refractivity contribution >= 4 is 11.3 Å². The third-order valence-electron chi connectivity index (χ3n) is 3.11. The molecule has 0 bridgehead atoms. The fourth-order valence-corrected chi connectivity index (χ4v) is 2.76. The van der Waals surface area contributed by atoms with Crippen LogP contribution in [0.5, 0.6) is 5.75 Å². The molecule has 21 heavy (non-hydrogen) atoms. The smallest absolute Gasteiger partial charge is 0.406 e. The first-order chi connectivity index (χ1) is 9.96. The molecule has 1 atom stereocenters. The highest BCUT2D eigenvalue weighted by atomic mass is 32.1.